The molecule has 3 amide bonds. The van der Waals surface area contributed by atoms with E-state index >= 15 is 0 Å². The number of fused-ring (bicyclic) bond motifs is 1. The molecule has 53 heavy (non-hydrogen) atoms. The number of nitrogens with one attached hydrogen (secondary N) is 1. The quantitative estimate of drug-likeness (QED) is 0.0413. The standard InChI is InChI=1S/C34H44ClN7O9S2/c1-8-18(40(5)29(47)20-10-11-23(44)27(45)24(20)35)12-19(9-2)42(6,7)13-17-15-52-31-26(30(48)41(31)22(17)14-43)38-28(46)25(21-16-53-33(36)37-21)39-51-34(3,4)32(49)50/h10-11,14,16,18-19,26,31H,8-9,12-13,15H2,1-7H3,(H5-,36,37,38,39,44,45,46,47,49,50)/p+1/t18-,19-,26+,31+/m0/s1. The van der Waals surface area contributed by atoms with Gasteiger partial charge in [0.05, 0.1) is 36.4 Å². The number of anilines is 1. The van der Waals surface area contributed by atoms with Gasteiger partial charge in [-0.2, -0.15) is 0 Å². The third-order valence-electron chi connectivity index (χ3n) is 9.62. The first kappa shape index (κ1) is 41.4. The molecular formula is C34H45ClN7O9S2+. The van der Waals surface area contributed by atoms with Crippen LogP contribution in [0.1, 0.15) is 63.0 Å². The van der Waals surface area contributed by atoms with Gasteiger partial charge in [-0.25, -0.2) is 9.78 Å². The van der Waals surface area contributed by atoms with E-state index in [-0.39, 0.29) is 44.9 Å². The van der Waals surface area contributed by atoms with Crippen LogP contribution < -0.4 is 11.1 Å². The number of β-lactam (4-membered cyclic amide) rings is 1. The van der Waals surface area contributed by atoms with Crippen molar-refractivity contribution in [3.8, 4) is 11.5 Å². The van der Waals surface area contributed by atoms with Crippen LogP contribution >= 0.6 is 34.7 Å². The van der Waals surface area contributed by atoms with Crippen LogP contribution in [-0.4, -0.2) is 133 Å². The Kier molecular flexibility index (Phi) is 12.7. The lowest BCUT2D eigenvalue weighted by Gasteiger charge is -2.50. The predicted octanol–water partition coefficient (Wildman–Crippen LogP) is 3.02. The predicted molar refractivity (Wildman–Crippen MR) is 201 cm³/mol. The van der Waals surface area contributed by atoms with Gasteiger partial charge in [0.15, 0.2) is 28.6 Å². The molecule has 4 rings (SSSR count). The third kappa shape index (κ3) is 8.55. The minimum Gasteiger partial charge on any atom is -0.504 e. The highest BCUT2D eigenvalue weighted by Crippen LogP contribution is 2.41. The van der Waals surface area contributed by atoms with Gasteiger partial charge in [-0.3, -0.25) is 24.1 Å². The second-order valence-electron chi connectivity index (χ2n) is 13.9. The van der Waals surface area contributed by atoms with E-state index in [1.807, 2.05) is 27.9 Å². The number of oxime groups is 1. The number of nitrogens with two attached hydrogens (primary N) is 1. The highest BCUT2D eigenvalue weighted by molar-refractivity contribution is 8.00. The van der Waals surface area contributed by atoms with Crippen molar-refractivity contribution in [2.45, 2.75) is 76.1 Å². The number of nitrogen functional groups attached to an aromatic ring is 1. The number of allylic oxidation sites excluding steroid dienone is 1. The summed E-state index contributed by atoms with van der Waals surface area (Å²) in [5.41, 5.74) is 4.72. The summed E-state index contributed by atoms with van der Waals surface area (Å²) in [4.78, 5) is 76.7. The van der Waals surface area contributed by atoms with Gasteiger partial charge >= 0.3 is 5.97 Å². The average Bonchev–Trinajstić information content (AvgIpc) is 3.54. The molecule has 288 valence electrons. The molecule has 0 saturated carbocycles. The number of benzene rings is 1. The maximum atomic E-state index is 13.5. The van der Waals surface area contributed by atoms with Gasteiger partial charge in [0.1, 0.15) is 23.7 Å². The number of aromatic hydroxyl groups is 2. The number of thiazole rings is 1. The van der Waals surface area contributed by atoms with Crippen LogP contribution in [-0.2, 0) is 24.0 Å². The first-order chi connectivity index (χ1) is 24.8. The van der Waals surface area contributed by atoms with E-state index in [2.05, 4.69) is 15.5 Å². The van der Waals surface area contributed by atoms with Crippen molar-refractivity contribution in [2.75, 3.05) is 39.2 Å². The summed E-state index contributed by atoms with van der Waals surface area (Å²) >= 11 is 8.62. The number of carboxylic acids is 1. The topological polar surface area (TPSA) is 225 Å². The third-order valence-corrected chi connectivity index (χ3v) is 12.0. The van der Waals surface area contributed by atoms with E-state index in [1.165, 1.54) is 48.0 Å². The zero-order valence-electron chi connectivity index (χ0n) is 30.5. The molecular weight excluding hydrogens is 750 g/mol. The summed E-state index contributed by atoms with van der Waals surface area (Å²) in [6, 6.07) is 1.39. The molecule has 19 heteroatoms. The number of phenols is 2. The summed E-state index contributed by atoms with van der Waals surface area (Å²) in [6.07, 6.45) is 2.62. The molecule has 0 bridgehead atoms. The number of nitrogens with zero attached hydrogens (tertiary/aromatic N) is 5. The van der Waals surface area contributed by atoms with Gasteiger partial charge in [0.2, 0.25) is 5.60 Å². The molecule has 2 aliphatic heterocycles. The van der Waals surface area contributed by atoms with Crippen LogP contribution in [0.5, 0.6) is 11.5 Å². The number of likely N-dealkylation sites (N-methyl/N-ethyl adjacent to an activating group) is 1. The Morgan fingerprint density at radius 3 is 2.51 bits per heavy atom. The highest BCUT2D eigenvalue weighted by atomic mass is 35.5. The van der Waals surface area contributed by atoms with Gasteiger partial charge in [-0.1, -0.05) is 30.6 Å². The molecule has 4 atom stereocenters. The van der Waals surface area contributed by atoms with Gasteiger partial charge < -0.3 is 40.6 Å². The van der Waals surface area contributed by atoms with E-state index in [4.69, 9.17) is 22.2 Å². The Morgan fingerprint density at radius 1 is 1.26 bits per heavy atom. The number of carbonyl (C=O) groups excluding carboxylic acids is 4. The zero-order chi connectivity index (χ0) is 39.6. The number of aromatic nitrogens is 1. The number of hydrogen-bond donors (Lipinski definition) is 5. The first-order valence-corrected chi connectivity index (χ1v) is 19.0. The molecule has 1 aromatic heterocycles. The lowest BCUT2D eigenvalue weighted by Crippen LogP contribution is -2.71. The van der Waals surface area contributed by atoms with Crippen molar-refractivity contribution < 1.29 is 48.6 Å². The van der Waals surface area contributed by atoms with Crippen LogP contribution in [0.4, 0.5) is 5.13 Å². The summed E-state index contributed by atoms with van der Waals surface area (Å²) in [6.45, 7) is 6.96. The molecule has 2 aliphatic rings. The summed E-state index contributed by atoms with van der Waals surface area (Å²) in [7, 11) is 5.74. The smallest absolute Gasteiger partial charge is 0.350 e. The van der Waals surface area contributed by atoms with Crippen molar-refractivity contribution >= 4 is 75.5 Å². The van der Waals surface area contributed by atoms with Gasteiger partial charge in [-0.05, 0) is 38.8 Å². The molecule has 1 aromatic carbocycles. The first-order valence-electron chi connectivity index (χ1n) is 16.7. The molecule has 0 unspecified atom stereocenters. The number of carboxylic acid groups (broad SMARTS) is 1. The molecule has 2 aromatic rings. The molecule has 0 spiro atoms. The van der Waals surface area contributed by atoms with Crippen LogP contribution in [0, 0.1) is 0 Å². The van der Waals surface area contributed by atoms with E-state index in [0.717, 1.165) is 23.3 Å². The number of amides is 3. The normalized spacial score (nSPS) is 18.8. The van der Waals surface area contributed by atoms with Crippen molar-refractivity contribution in [1.82, 2.24) is 20.1 Å². The molecule has 1 saturated heterocycles. The van der Waals surface area contributed by atoms with E-state index < -0.39 is 52.2 Å². The Morgan fingerprint density at radius 2 is 1.94 bits per heavy atom. The van der Waals surface area contributed by atoms with E-state index in [9.17, 15) is 39.3 Å². The number of halogens is 1. The van der Waals surface area contributed by atoms with E-state index in [1.54, 1.807) is 11.9 Å². The number of rotatable bonds is 16. The fourth-order valence-electron chi connectivity index (χ4n) is 6.29. The van der Waals surface area contributed by atoms with Crippen LogP contribution in [0.15, 0.2) is 33.9 Å². The maximum Gasteiger partial charge on any atom is 0.350 e. The van der Waals surface area contributed by atoms with E-state index in [0.29, 0.717) is 35.9 Å². The van der Waals surface area contributed by atoms with Crippen molar-refractivity contribution in [1.29, 1.82) is 0 Å². The second-order valence-corrected chi connectivity index (χ2v) is 16.3. The number of aliphatic carboxylic acids is 1. The Bertz CT molecular complexity index is 1850. The monoisotopic (exact) mass is 794 g/mol. The summed E-state index contributed by atoms with van der Waals surface area (Å²) in [5.74, 6) is -3.62. The molecule has 1 fully saturated rings. The largest absolute Gasteiger partial charge is 0.504 e. The maximum absolute atomic E-state index is 13.5. The summed E-state index contributed by atoms with van der Waals surface area (Å²) in [5, 5.41) is 36.5. The lowest BCUT2D eigenvalue weighted by atomic mass is 9.96. The number of phenolic OH excluding ortho intramolecular Hbond substituents is 2. The van der Waals surface area contributed by atoms with Crippen molar-refractivity contribution in [3.63, 3.8) is 0 Å². The van der Waals surface area contributed by atoms with Crippen molar-refractivity contribution in [3.05, 3.63) is 45.1 Å². The minimum absolute atomic E-state index is 0.0203. The van der Waals surface area contributed by atoms with Gasteiger partial charge in [-0.15, -0.1) is 23.1 Å². The highest BCUT2D eigenvalue weighted by Gasteiger charge is 2.53. The average molecular weight is 795 g/mol. The van der Waals surface area contributed by atoms with Crippen molar-refractivity contribution in [2.24, 2.45) is 5.16 Å². The van der Waals surface area contributed by atoms with Gasteiger partial charge in [0, 0.05) is 36.2 Å². The lowest BCUT2D eigenvalue weighted by molar-refractivity contribution is -0.911. The van der Waals surface area contributed by atoms with Crippen LogP contribution in [0.2, 0.25) is 5.02 Å². The number of aldehydes is 1. The molecule has 16 nitrogen and oxygen atoms in total. The van der Waals surface area contributed by atoms with Crippen LogP contribution in [0.25, 0.3) is 0 Å². The number of hydrogen-bond acceptors (Lipinski definition) is 13. The molecule has 3 heterocycles. The second kappa shape index (κ2) is 16.3. The minimum atomic E-state index is -1.77. The molecule has 0 radical (unpaired) electrons. The number of carbonyl (C=O) groups is 5. The number of quaternary nitrogens is 1. The Labute approximate surface area is 320 Å². The number of thioether (sulfide) groups is 1. The Hall–Kier alpha value is -4.39. The fourth-order valence-corrected chi connectivity index (χ4v) is 8.43. The SMILES string of the molecule is CC[C@@H](C[C@H](CC)[N+](C)(C)CC1=C(C=O)N2C(=O)[C@@H](NC(=O)/C(=N\OC(C)(C)C(=O)O)c3csc(N)n3)[C@H]2SC1)N(C)C(=O)c1ccc(O)c(O)c1Cl. The fraction of sp³-hybridized carbons (Fsp3) is 0.500. The zero-order valence-corrected chi connectivity index (χ0v) is 32.8. The van der Waals surface area contributed by atoms with Gasteiger partial charge in [0.25, 0.3) is 17.7 Å². The Balaban J connectivity index is 1.49. The summed E-state index contributed by atoms with van der Waals surface area (Å²) < 4.78 is 0.444. The molecule has 6 N–H and O–H groups in total. The molecule has 0 aliphatic carbocycles. The van der Waals surface area contributed by atoms with Crippen LogP contribution in [0.3, 0.4) is 0 Å².